The smallest absolute Gasteiger partial charge is 0.145 e. The van der Waals surface area contributed by atoms with Crippen LogP contribution in [-0.4, -0.2) is 0 Å². The van der Waals surface area contributed by atoms with Crippen LogP contribution in [0.5, 0.6) is 0 Å². The van der Waals surface area contributed by atoms with Gasteiger partial charge in [0.1, 0.15) is 5.82 Å². The summed E-state index contributed by atoms with van der Waals surface area (Å²) in [5.41, 5.74) is 2.00. The molecule has 0 bridgehead atoms. The monoisotopic (exact) mass is 378 g/mol. The van der Waals surface area contributed by atoms with E-state index in [1.807, 2.05) is 19.1 Å². The summed E-state index contributed by atoms with van der Waals surface area (Å²) in [6.45, 7) is 15.3. The molecule has 0 aromatic heterocycles. The first-order valence-electron chi connectivity index (χ1n) is 10.3. The van der Waals surface area contributed by atoms with Gasteiger partial charge in [-0.25, -0.2) is 4.39 Å². The van der Waals surface area contributed by atoms with E-state index >= 15 is 0 Å². The van der Waals surface area contributed by atoms with E-state index in [0.717, 1.165) is 36.3 Å². The van der Waals surface area contributed by atoms with Crippen LogP contribution in [0.4, 0.5) is 4.39 Å². The molecule has 0 aliphatic heterocycles. The zero-order valence-corrected chi connectivity index (χ0v) is 18.1. The van der Waals surface area contributed by atoms with Gasteiger partial charge in [-0.3, -0.25) is 0 Å². The fourth-order valence-corrected chi connectivity index (χ4v) is 5.13. The molecule has 146 valence electrons. The lowest BCUT2D eigenvalue weighted by atomic mass is 9.61. The molecule has 0 saturated heterocycles. The fraction of sp³-hybridized carbons (Fsp3) is 0.667. The molecule has 2 rings (SSSR count). The van der Waals surface area contributed by atoms with Crippen LogP contribution in [0.15, 0.2) is 24.8 Å². The summed E-state index contributed by atoms with van der Waals surface area (Å²) < 4.78 is 14.7. The van der Waals surface area contributed by atoms with Crippen molar-refractivity contribution < 1.29 is 4.39 Å². The Balaban J connectivity index is 2.08. The number of aryl methyl sites for hydroxylation is 1. The highest BCUT2D eigenvalue weighted by atomic mass is 35.5. The van der Waals surface area contributed by atoms with Crippen molar-refractivity contribution in [3.8, 4) is 0 Å². The third kappa shape index (κ3) is 4.35. The van der Waals surface area contributed by atoms with Gasteiger partial charge in [0.2, 0.25) is 0 Å². The van der Waals surface area contributed by atoms with Crippen molar-refractivity contribution in [3.05, 3.63) is 46.8 Å². The molecule has 1 fully saturated rings. The molecule has 1 unspecified atom stereocenters. The maximum Gasteiger partial charge on any atom is 0.145 e. The average Bonchev–Trinajstić information content (AvgIpc) is 2.65. The number of allylic oxidation sites excluding steroid dienone is 1. The van der Waals surface area contributed by atoms with E-state index in [0.29, 0.717) is 10.9 Å². The minimum absolute atomic E-state index is 0.0830. The van der Waals surface area contributed by atoms with Crippen LogP contribution in [0.25, 0.3) is 0 Å². The van der Waals surface area contributed by atoms with Gasteiger partial charge in [0.05, 0.1) is 5.02 Å². The molecule has 0 amide bonds. The van der Waals surface area contributed by atoms with Crippen LogP contribution in [0.3, 0.4) is 0 Å². The van der Waals surface area contributed by atoms with Crippen molar-refractivity contribution >= 4 is 11.6 Å². The third-order valence-electron chi connectivity index (χ3n) is 7.26. The van der Waals surface area contributed by atoms with Gasteiger partial charge in [0, 0.05) is 0 Å². The van der Waals surface area contributed by atoms with Crippen molar-refractivity contribution in [1.29, 1.82) is 0 Å². The highest BCUT2D eigenvalue weighted by Crippen LogP contribution is 2.48. The Morgan fingerprint density at radius 1 is 1.08 bits per heavy atom. The molecule has 0 radical (unpaired) electrons. The van der Waals surface area contributed by atoms with Crippen LogP contribution in [0, 0.1) is 28.5 Å². The zero-order chi connectivity index (χ0) is 19.5. The van der Waals surface area contributed by atoms with E-state index in [2.05, 4.69) is 40.3 Å². The molecule has 2 heteroatoms. The molecular formula is C24H36ClF. The van der Waals surface area contributed by atoms with Crippen molar-refractivity contribution in [2.45, 2.75) is 79.6 Å². The van der Waals surface area contributed by atoms with E-state index in [1.54, 1.807) is 0 Å². The molecule has 1 aromatic carbocycles. The van der Waals surface area contributed by atoms with Gasteiger partial charge in [-0.05, 0) is 78.7 Å². The Hall–Kier alpha value is -0.820. The van der Waals surface area contributed by atoms with E-state index in [9.17, 15) is 4.39 Å². The summed E-state index contributed by atoms with van der Waals surface area (Å²) in [6, 6.07) is 3.93. The number of benzene rings is 1. The second kappa shape index (κ2) is 8.46. The largest absolute Gasteiger partial charge is 0.205 e. The van der Waals surface area contributed by atoms with Crippen LogP contribution in [-0.2, 0) is 12.8 Å². The maximum absolute atomic E-state index is 14.7. The average molecular weight is 379 g/mol. The third-order valence-corrected chi connectivity index (χ3v) is 7.67. The second-order valence-electron chi connectivity index (χ2n) is 9.14. The first-order valence-corrected chi connectivity index (χ1v) is 10.7. The minimum atomic E-state index is -0.210. The Kier molecular flexibility index (Phi) is 6.99. The maximum atomic E-state index is 14.7. The van der Waals surface area contributed by atoms with Gasteiger partial charge in [-0.1, -0.05) is 64.4 Å². The van der Waals surface area contributed by atoms with Gasteiger partial charge in [-0.2, -0.15) is 0 Å². The molecule has 0 spiro atoms. The number of hydrogen-bond acceptors (Lipinski definition) is 0. The quantitative estimate of drug-likeness (QED) is 0.421. The van der Waals surface area contributed by atoms with Gasteiger partial charge < -0.3 is 0 Å². The molecule has 0 nitrogen and oxygen atoms in total. The molecule has 0 heterocycles. The van der Waals surface area contributed by atoms with Crippen molar-refractivity contribution in [2.24, 2.45) is 22.7 Å². The van der Waals surface area contributed by atoms with E-state index in [-0.39, 0.29) is 16.6 Å². The lowest BCUT2D eigenvalue weighted by Crippen LogP contribution is -2.35. The second-order valence-corrected chi connectivity index (χ2v) is 9.52. The van der Waals surface area contributed by atoms with Crippen molar-refractivity contribution in [1.82, 2.24) is 0 Å². The molecule has 1 atom stereocenters. The van der Waals surface area contributed by atoms with Gasteiger partial charge in [0.25, 0.3) is 0 Å². The Morgan fingerprint density at radius 3 is 2.12 bits per heavy atom. The minimum Gasteiger partial charge on any atom is -0.205 e. The molecular weight excluding hydrogens is 343 g/mol. The fourth-order valence-electron chi connectivity index (χ4n) is 4.81. The van der Waals surface area contributed by atoms with Crippen LogP contribution < -0.4 is 0 Å². The highest BCUT2D eigenvalue weighted by molar-refractivity contribution is 6.31. The first-order chi connectivity index (χ1) is 12.2. The first kappa shape index (κ1) is 21.5. The lowest BCUT2D eigenvalue weighted by molar-refractivity contribution is 0.0893. The van der Waals surface area contributed by atoms with Crippen LogP contribution in [0.2, 0.25) is 5.02 Å². The van der Waals surface area contributed by atoms with E-state index in [4.69, 9.17) is 11.6 Å². The summed E-state index contributed by atoms with van der Waals surface area (Å²) in [4.78, 5) is 0. The topological polar surface area (TPSA) is 0 Å². The molecule has 1 aromatic rings. The van der Waals surface area contributed by atoms with Crippen LogP contribution in [0.1, 0.15) is 77.8 Å². The normalized spacial score (nSPS) is 23.5. The SMILES string of the molecule is C=CC(C)(CC)C1CCC(C(C)(C)Cc2ccc(CC)c(Cl)c2F)CC1. The Labute approximate surface area is 165 Å². The van der Waals surface area contributed by atoms with Gasteiger partial charge in [-0.15, -0.1) is 6.58 Å². The highest BCUT2D eigenvalue weighted by Gasteiger charge is 2.38. The molecule has 1 aliphatic carbocycles. The zero-order valence-electron chi connectivity index (χ0n) is 17.3. The summed E-state index contributed by atoms with van der Waals surface area (Å²) in [7, 11) is 0. The molecule has 26 heavy (non-hydrogen) atoms. The predicted octanol–water partition coefficient (Wildman–Crippen LogP) is 8.02. The molecule has 1 aliphatic rings. The number of rotatable bonds is 7. The molecule has 0 N–H and O–H groups in total. The number of hydrogen-bond donors (Lipinski definition) is 0. The van der Waals surface area contributed by atoms with Gasteiger partial charge in [0.15, 0.2) is 0 Å². The summed E-state index contributed by atoms with van der Waals surface area (Å²) in [5, 5.41) is 0.314. The standard InChI is InChI=1S/C24H36ClF/c1-7-17-10-11-18(22(26)21(17)25)16-23(4,5)19-12-14-20(15-13-19)24(6,8-2)9-3/h8,10-11,19-20H,2,7,9,12-16H2,1,3-6H3. The van der Waals surface area contributed by atoms with Crippen molar-refractivity contribution in [2.75, 3.05) is 0 Å². The summed E-state index contributed by atoms with van der Waals surface area (Å²) >= 11 is 6.23. The Morgan fingerprint density at radius 2 is 1.62 bits per heavy atom. The van der Waals surface area contributed by atoms with E-state index in [1.165, 1.54) is 25.7 Å². The number of halogens is 2. The lowest BCUT2D eigenvalue weighted by Gasteiger charge is -2.44. The van der Waals surface area contributed by atoms with Crippen LogP contribution >= 0.6 is 11.6 Å². The van der Waals surface area contributed by atoms with Gasteiger partial charge >= 0.3 is 0 Å². The predicted molar refractivity (Wildman–Crippen MR) is 112 cm³/mol. The molecule has 1 saturated carbocycles. The summed E-state index contributed by atoms with van der Waals surface area (Å²) in [5.74, 6) is 1.15. The summed E-state index contributed by atoms with van der Waals surface area (Å²) in [6.07, 6.45) is 9.80. The Bertz CT molecular complexity index is 625. The van der Waals surface area contributed by atoms with Crippen molar-refractivity contribution in [3.63, 3.8) is 0 Å². The van der Waals surface area contributed by atoms with E-state index < -0.39 is 0 Å².